The summed E-state index contributed by atoms with van der Waals surface area (Å²) in [4.78, 5) is 5.07. The third-order valence-electron chi connectivity index (χ3n) is 1.27. The molecule has 0 unspecified atom stereocenters. The predicted molar refractivity (Wildman–Crippen MR) is 52.8 cm³/mol. The molecule has 3 heteroatoms. The first-order valence-electron chi connectivity index (χ1n) is 3.60. The van der Waals surface area contributed by atoms with Gasteiger partial charge < -0.3 is 5.73 Å². The summed E-state index contributed by atoms with van der Waals surface area (Å²) in [5.74, 6) is 4.07. The van der Waals surface area contributed by atoms with Crippen LogP contribution in [0.3, 0.4) is 0 Å². The Balaban J connectivity index is 2.43. The molecule has 62 valence electrons. The highest BCUT2D eigenvalue weighted by atomic mass is 32.2. The first-order chi connectivity index (χ1) is 5.83. The molecule has 1 aromatic heterocycles. The number of hydrogen-bond donors (Lipinski definition) is 1. The van der Waals surface area contributed by atoms with Gasteiger partial charge in [0.1, 0.15) is 5.82 Å². The van der Waals surface area contributed by atoms with E-state index in [1.54, 1.807) is 24.0 Å². The van der Waals surface area contributed by atoms with E-state index in [0.29, 0.717) is 5.82 Å². The highest BCUT2D eigenvalue weighted by Crippen LogP contribution is 2.17. The van der Waals surface area contributed by atoms with Crippen LogP contribution in [0, 0.1) is 12.3 Å². The zero-order valence-electron chi connectivity index (χ0n) is 6.66. The lowest BCUT2D eigenvalue weighted by molar-refractivity contribution is 1.23. The lowest BCUT2D eigenvalue weighted by atomic mass is 10.5. The van der Waals surface area contributed by atoms with Crippen LogP contribution in [0.4, 0.5) is 5.82 Å². The van der Waals surface area contributed by atoms with Crippen molar-refractivity contribution in [1.82, 2.24) is 4.98 Å². The summed E-state index contributed by atoms with van der Waals surface area (Å²) in [5.41, 5.74) is 5.43. The number of nitrogen functional groups attached to an aromatic ring is 1. The highest BCUT2D eigenvalue weighted by Gasteiger charge is 1.92. The minimum atomic E-state index is 0.552. The molecule has 0 fully saturated rings. The van der Waals surface area contributed by atoms with Crippen LogP contribution in [0.25, 0.3) is 0 Å². The van der Waals surface area contributed by atoms with Crippen LogP contribution in [-0.2, 0) is 0 Å². The van der Waals surface area contributed by atoms with Crippen LogP contribution in [0.15, 0.2) is 23.2 Å². The average molecular weight is 178 g/mol. The number of hydrogen-bond acceptors (Lipinski definition) is 3. The van der Waals surface area contributed by atoms with Gasteiger partial charge in [-0.25, -0.2) is 4.98 Å². The molecule has 1 aromatic rings. The molecule has 0 radical (unpaired) electrons. The van der Waals surface area contributed by atoms with Crippen molar-refractivity contribution in [2.75, 3.05) is 11.5 Å². The van der Waals surface area contributed by atoms with Gasteiger partial charge in [0.25, 0.3) is 0 Å². The fourth-order valence-corrected chi connectivity index (χ4v) is 1.45. The van der Waals surface area contributed by atoms with Gasteiger partial charge in [0.2, 0.25) is 0 Å². The average Bonchev–Trinajstić information content (AvgIpc) is 2.09. The Morgan fingerprint density at radius 3 is 3.00 bits per heavy atom. The van der Waals surface area contributed by atoms with E-state index in [2.05, 4.69) is 10.9 Å². The predicted octanol–water partition coefficient (Wildman–Crippen LogP) is 1.78. The van der Waals surface area contributed by atoms with Gasteiger partial charge in [0.05, 0.1) is 0 Å². The number of rotatable bonds is 3. The van der Waals surface area contributed by atoms with E-state index < -0.39 is 0 Å². The van der Waals surface area contributed by atoms with Crippen molar-refractivity contribution in [3.8, 4) is 12.3 Å². The van der Waals surface area contributed by atoms with Crippen LogP contribution in [-0.4, -0.2) is 10.7 Å². The first kappa shape index (κ1) is 8.95. The van der Waals surface area contributed by atoms with Crippen molar-refractivity contribution < 1.29 is 0 Å². The maximum atomic E-state index is 5.43. The Bertz CT molecular complexity index is 274. The van der Waals surface area contributed by atoms with E-state index in [1.807, 2.05) is 6.07 Å². The molecule has 0 aliphatic carbocycles. The van der Waals surface area contributed by atoms with Crippen LogP contribution >= 0.6 is 11.8 Å². The third-order valence-corrected chi connectivity index (χ3v) is 2.26. The Kier molecular flexibility index (Phi) is 3.49. The van der Waals surface area contributed by atoms with Crippen molar-refractivity contribution in [3.05, 3.63) is 18.3 Å². The molecule has 2 N–H and O–H groups in total. The van der Waals surface area contributed by atoms with Crippen LogP contribution in [0.2, 0.25) is 0 Å². The summed E-state index contributed by atoms with van der Waals surface area (Å²) in [6.45, 7) is 0. The molecule has 0 saturated heterocycles. The Morgan fingerprint density at radius 2 is 2.42 bits per heavy atom. The molecule has 0 aliphatic heterocycles. The highest BCUT2D eigenvalue weighted by molar-refractivity contribution is 7.99. The standard InChI is InChI=1S/C9H10N2S/c1-2-3-6-12-8-4-5-9(10)11-7-8/h1,4-5,7H,3,6H2,(H2,10,11). The van der Waals surface area contributed by atoms with Crippen molar-refractivity contribution in [1.29, 1.82) is 0 Å². The van der Waals surface area contributed by atoms with Crippen LogP contribution in [0.1, 0.15) is 6.42 Å². The summed E-state index contributed by atoms with van der Waals surface area (Å²) in [5, 5.41) is 0. The minimum absolute atomic E-state index is 0.552. The monoisotopic (exact) mass is 178 g/mol. The molecule has 0 bridgehead atoms. The second-order valence-electron chi connectivity index (χ2n) is 2.22. The number of anilines is 1. The Hall–Kier alpha value is -1.14. The van der Waals surface area contributed by atoms with Crippen molar-refractivity contribution >= 4 is 17.6 Å². The summed E-state index contributed by atoms with van der Waals surface area (Å²) >= 11 is 1.69. The molecule has 1 rings (SSSR count). The molecular weight excluding hydrogens is 168 g/mol. The van der Waals surface area contributed by atoms with E-state index in [4.69, 9.17) is 12.2 Å². The van der Waals surface area contributed by atoms with E-state index >= 15 is 0 Å². The fraction of sp³-hybridized carbons (Fsp3) is 0.222. The van der Waals surface area contributed by atoms with E-state index in [-0.39, 0.29) is 0 Å². The lowest BCUT2D eigenvalue weighted by Gasteiger charge is -1.97. The van der Waals surface area contributed by atoms with Gasteiger partial charge in [-0.05, 0) is 12.1 Å². The Labute approximate surface area is 76.6 Å². The molecule has 0 atom stereocenters. The number of nitrogens with zero attached hydrogens (tertiary/aromatic N) is 1. The van der Waals surface area contributed by atoms with Gasteiger partial charge >= 0.3 is 0 Å². The van der Waals surface area contributed by atoms with Gasteiger partial charge in [-0.2, -0.15) is 0 Å². The number of pyridine rings is 1. The summed E-state index contributed by atoms with van der Waals surface area (Å²) in [7, 11) is 0. The largest absolute Gasteiger partial charge is 0.384 e. The molecule has 0 saturated carbocycles. The smallest absolute Gasteiger partial charge is 0.123 e. The van der Waals surface area contributed by atoms with Gasteiger partial charge in [0.15, 0.2) is 0 Å². The number of nitrogens with two attached hydrogens (primary N) is 1. The maximum Gasteiger partial charge on any atom is 0.123 e. The van der Waals surface area contributed by atoms with Crippen LogP contribution in [0.5, 0.6) is 0 Å². The zero-order valence-corrected chi connectivity index (χ0v) is 7.47. The van der Waals surface area contributed by atoms with Crippen molar-refractivity contribution in [2.24, 2.45) is 0 Å². The molecule has 0 aromatic carbocycles. The molecule has 2 nitrogen and oxygen atoms in total. The number of aromatic nitrogens is 1. The van der Waals surface area contributed by atoms with Crippen molar-refractivity contribution in [2.45, 2.75) is 11.3 Å². The molecule has 0 spiro atoms. The lowest BCUT2D eigenvalue weighted by Crippen LogP contribution is -1.88. The second-order valence-corrected chi connectivity index (χ2v) is 3.39. The molecule has 0 aliphatic rings. The second kappa shape index (κ2) is 4.68. The van der Waals surface area contributed by atoms with Crippen LogP contribution < -0.4 is 5.73 Å². The van der Waals surface area contributed by atoms with Gasteiger partial charge in [-0.15, -0.1) is 24.1 Å². The normalized spacial score (nSPS) is 9.25. The number of terminal acetylenes is 1. The first-order valence-corrected chi connectivity index (χ1v) is 4.59. The SMILES string of the molecule is C#CCCSc1ccc(N)nc1. The molecule has 1 heterocycles. The quantitative estimate of drug-likeness (QED) is 0.435. The van der Waals surface area contributed by atoms with E-state index in [1.165, 1.54) is 0 Å². The number of thioether (sulfide) groups is 1. The summed E-state index contributed by atoms with van der Waals surface area (Å²) in [6, 6.07) is 3.74. The molecular formula is C9H10N2S. The molecule has 12 heavy (non-hydrogen) atoms. The van der Waals surface area contributed by atoms with Gasteiger partial charge in [-0.3, -0.25) is 0 Å². The summed E-state index contributed by atoms with van der Waals surface area (Å²) in [6.07, 6.45) is 7.67. The van der Waals surface area contributed by atoms with E-state index in [0.717, 1.165) is 17.1 Å². The maximum absolute atomic E-state index is 5.43. The topological polar surface area (TPSA) is 38.9 Å². The Morgan fingerprint density at radius 1 is 1.58 bits per heavy atom. The van der Waals surface area contributed by atoms with Gasteiger partial charge in [0, 0.05) is 23.3 Å². The third kappa shape index (κ3) is 2.85. The summed E-state index contributed by atoms with van der Waals surface area (Å²) < 4.78 is 0. The fourth-order valence-electron chi connectivity index (χ4n) is 0.705. The molecule has 0 amide bonds. The van der Waals surface area contributed by atoms with E-state index in [9.17, 15) is 0 Å². The van der Waals surface area contributed by atoms with Gasteiger partial charge in [-0.1, -0.05) is 0 Å². The minimum Gasteiger partial charge on any atom is -0.384 e. The van der Waals surface area contributed by atoms with Crippen molar-refractivity contribution in [3.63, 3.8) is 0 Å². The zero-order chi connectivity index (χ0) is 8.81.